The molecule has 0 radical (unpaired) electrons. The first kappa shape index (κ1) is 19.6. The normalized spacial score (nSPS) is 17.0. The van der Waals surface area contributed by atoms with E-state index in [1.165, 1.54) is 0 Å². The Bertz CT molecular complexity index is 298. The second-order valence-electron chi connectivity index (χ2n) is 5.33. The van der Waals surface area contributed by atoms with E-state index in [1.54, 1.807) is 0 Å². The predicted octanol–water partition coefficient (Wildman–Crippen LogP) is 0.275. The standard InChI is InChI=1S/C14H24O4.K.H/c1-3-10(4-2)14(12(15)16,13(17)18)11-8-6-5-7-9-11;;/h10-11H,3-9H2,1-2H3,(H,15,16)(H,17,18);;/q;+1;-1. The van der Waals surface area contributed by atoms with Crippen LogP contribution in [0.15, 0.2) is 0 Å². The molecule has 0 spiro atoms. The fraction of sp³-hybridized carbons (Fsp3) is 0.857. The zero-order valence-corrected chi connectivity index (χ0v) is 15.4. The summed E-state index contributed by atoms with van der Waals surface area (Å²) in [6, 6.07) is 0. The van der Waals surface area contributed by atoms with E-state index in [2.05, 4.69) is 0 Å². The van der Waals surface area contributed by atoms with Crippen molar-refractivity contribution in [1.29, 1.82) is 0 Å². The van der Waals surface area contributed by atoms with E-state index in [9.17, 15) is 19.8 Å². The number of rotatable bonds is 6. The maximum Gasteiger partial charge on any atom is 1.00 e. The number of hydrogen-bond donors (Lipinski definition) is 2. The molecule has 106 valence electrons. The molecule has 1 aliphatic rings. The van der Waals surface area contributed by atoms with Gasteiger partial charge in [-0.25, -0.2) is 0 Å². The van der Waals surface area contributed by atoms with E-state index < -0.39 is 17.4 Å². The van der Waals surface area contributed by atoms with Crippen molar-refractivity contribution >= 4 is 11.9 Å². The third-order valence-electron chi connectivity index (χ3n) is 4.59. The molecular weight excluding hydrogens is 271 g/mol. The van der Waals surface area contributed by atoms with Crippen LogP contribution in [0, 0.1) is 17.3 Å². The van der Waals surface area contributed by atoms with Crippen LogP contribution in [0.2, 0.25) is 0 Å². The molecule has 0 heterocycles. The molecule has 0 bridgehead atoms. The summed E-state index contributed by atoms with van der Waals surface area (Å²) in [7, 11) is 0. The number of aliphatic carboxylic acids is 2. The third-order valence-corrected chi connectivity index (χ3v) is 4.59. The van der Waals surface area contributed by atoms with Crippen LogP contribution in [0.3, 0.4) is 0 Å². The molecule has 1 aliphatic carbocycles. The Morgan fingerprint density at radius 3 is 1.84 bits per heavy atom. The monoisotopic (exact) mass is 296 g/mol. The molecular formula is C14H25KO4. The first-order chi connectivity index (χ1) is 8.51. The van der Waals surface area contributed by atoms with E-state index in [-0.39, 0.29) is 64.6 Å². The minimum atomic E-state index is -1.58. The first-order valence-electron chi connectivity index (χ1n) is 6.98. The smallest absolute Gasteiger partial charge is 1.00 e. The van der Waals surface area contributed by atoms with Crippen molar-refractivity contribution in [3.05, 3.63) is 0 Å². The largest absolute Gasteiger partial charge is 1.00 e. The van der Waals surface area contributed by atoms with Crippen molar-refractivity contribution in [2.75, 3.05) is 0 Å². The van der Waals surface area contributed by atoms with Crippen LogP contribution < -0.4 is 51.4 Å². The Morgan fingerprint density at radius 1 is 1.11 bits per heavy atom. The topological polar surface area (TPSA) is 74.6 Å². The van der Waals surface area contributed by atoms with Gasteiger partial charge in [-0.15, -0.1) is 0 Å². The van der Waals surface area contributed by atoms with Crippen LogP contribution in [-0.4, -0.2) is 22.2 Å². The molecule has 0 unspecified atom stereocenters. The number of carbonyl (C=O) groups is 2. The number of hydrogen-bond acceptors (Lipinski definition) is 2. The van der Waals surface area contributed by atoms with Crippen molar-refractivity contribution in [3.8, 4) is 0 Å². The van der Waals surface area contributed by atoms with Gasteiger partial charge in [0.2, 0.25) is 0 Å². The summed E-state index contributed by atoms with van der Waals surface area (Å²) < 4.78 is 0. The zero-order chi connectivity index (χ0) is 13.8. The van der Waals surface area contributed by atoms with Gasteiger partial charge in [-0.3, -0.25) is 9.59 Å². The van der Waals surface area contributed by atoms with Gasteiger partial charge < -0.3 is 11.6 Å². The minimum Gasteiger partial charge on any atom is -1.00 e. The quantitative estimate of drug-likeness (QED) is 0.545. The van der Waals surface area contributed by atoms with Gasteiger partial charge in [0.05, 0.1) is 0 Å². The van der Waals surface area contributed by atoms with Gasteiger partial charge in [-0.2, -0.15) is 0 Å². The maximum absolute atomic E-state index is 11.7. The molecule has 0 aromatic rings. The summed E-state index contributed by atoms with van der Waals surface area (Å²) in [5.41, 5.74) is -1.58. The molecule has 4 nitrogen and oxygen atoms in total. The van der Waals surface area contributed by atoms with Crippen molar-refractivity contribution in [1.82, 2.24) is 0 Å². The molecule has 19 heavy (non-hydrogen) atoms. The van der Waals surface area contributed by atoms with Crippen molar-refractivity contribution in [2.45, 2.75) is 58.8 Å². The number of carboxylic acids is 2. The Labute approximate surface area is 159 Å². The summed E-state index contributed by atoms with van der Waals surface area (Å²) in [5, 5.41) is 19.2. The molecule has 0 aromatic heterocycles. The molecule has 0 aromatic carbocycles. The van der Waals surface area contributed by atoms with Crippen molar-refractivity contribution < 1.29 is 72.6 Å². The summed E-state index contributed by atoms with van der Waals surface area (Å²) in [5.74, 6) is -2.78. The van der Waals surface area contributed by atoms with Gasteiger partial charge in [0.1, 0.15) is 0 Å². The minimum absolute atomic E-state index is 0. The Hall–Kier alpha value is 0.576. The van der Waals surface area contributed by atoms with Gasteiger partial charge in [-0.1, -0.05) is 46.0 Å². The summed E-state index contributed by atoms with van der Waals surface area (Å²) >= 11 is 0. The van der Waals surface area contributed by atoms with Gasteiger partial charge in [0.25, 0.3) is 0 Å². The van der Waals surface area contributed by atoms with E-state index in [1.807, 2.05) is 13.8 Å². The molecule has 0 amide bonds. The molecule has 1 rings (SSSR count). The van der Waals surface area contributed by atoms with Crippen LogP contribution in [0.4, 0.5) is 0 Å². The van der Waals surface area contributed by atoms with Gasteiger partial charge in [0, 0.05) is 0 Å². The van der Waals surface area contributed by atoms with E-state index >= 15 is 0 Å². The third kappa shape index (κ3) is 3.82. The second-order valence-corrected chi connectivity index (χ2v) is 5.33. The van der Waals surface area contributed by atoms with Gasteiger partial charge in [0.15, 0.2) is 5.41 Å². The maximum atomic E-state index is 11.7. The Morgan fingerprint density at radius 2 is 1.53 bits per heavy atom. The Kier molecular flexibility index (Phi) is 9.04. The molecule has 0 aliphatic heterocycles. The average Bonchev–Trinajstić information content (AvgIpc) is 2.35. The van der Waals surface area contributed by atoms with Gasteiger partial charge in [-0.05, 0) is 24.7 Å². The van der Waals surface area contributed by atoms with E-state index in [4.69, 9.17) is 0 Å². The fourth-order valence-corrected chi connectivity index (χ4v) is 3.61. The van der Waals surface area contributed by atoms with Crippen LogP contribution in [0.5, 0.6) is 0 Å². The molecule has 5 heteroatoms. The van der Waals surface area contributed by atoms with Crippen LogP contribution in [0.1, 0.15) is 60.2 Å². The van der Waals surface area contributed by atoms with Crippen molar-refractivity contribution in [2.24, 2.45) is 17.3 Å². The second kappa shape index (κ2) is 8.77. The SMILES string of the molecule is CCC(CC)C(C(=O)O)(C(=O)O)C1CCCCC1.[H-].[K+]. The zero-order valence-electron chi connectivity index (χ0n) is 13.3. The molecule has 1 fully saturated rings. The predicted molar refractivity (Wildman–Crippen MR) is 69.5 cm³/mol. The molecule has 1 saturated carbocycles. The van der Waals surface area contributed by atoms with E-state index in [0.717, 1.165) is 32.1 Å². The van der Waals surface area contributed by atoms with E-state index in [0.29, 0.717) is 12.8 Å². The fourth-order valence-electron chi connectivity index (χ4n) is 3.61. The molecule has 2 N–H and O–H groups in total. The average molecular weight is 296 g/mol. The first-order valence-corrected chi connectivity index (χ1v) is 6.98. The van der Waals surface area contributed by atoms with Crippen LogP contribution >= 0.6 is 0 Å². The Balaban J connectivity index is 0. The summed E-state index contributed by atoms with van der Waals surface area (Å²) in [4.78, 5) is 23.5. The van der Waals surface area contributed by atoms with Crippen molar-refractivity contribution in [3.63, 3.8) is 0 Å². The number of carboxylic acid groups (broad SMARTS) is 2. The van der Waals surface area contributed by atoms with Crippen LogP contribution in [-0.2, 0) is 9.59 Å². The molecule has 0 atom stereocenters. The molecule has 0 saturated heterocycles. The van der Waals surface area contributed by atoms with Crippen LogP contribution in [0.25, 0.3) is 0 Å². The van der Waals surface area contributed by atoms with Gasteiger partial charge >= 0.3 is 63.3 Å². The summed E-state index contributed by atoms with van der Waals surface area (Å²) in [6.45, 7) is 3.77. The summed E-state index contributed by atoms with van der Waals surface area (Å²) in [6.07, 6.45) is 5.66.